The first kappa shape index (κ1) is 12.0. The molecule has 0 atom stereocenters. The molecule has 1 aliphatic rings. The minimum absolute atomic E-state index is 0.108. The van der Waals surface area contributed by atoms with E-state index in [4.69, 9.17) is 0 Å². The van der Waals surface area contributed by atoms with Crippen molar-refractivity contribution in [3.8, 4) is 0 Å². The highest BCUT2D eigenvalue weighted by atomic mass is 79.9. The molecule has 0 radical (unpaired) electrons. The highest BCUT2D eigenvalue weighted by molar-refractivity contribution is 9.10. The number of amides is 1. The van der Waals surface area contributed by atoms with Crippen LogP contribution in [0.25, 0.3) is 0 Å². The van der Waals surface area contributed by atoms with E-state index in [-0.39, 0.29) is 5.91 Å². The Kier molecular flexibility index (Phi) is 3.99. The summed E-state index contributed by atoms with van der Waals surface area (Å²) < 4.78 is -0.434. The molecule has 0 aromatic carbocycles. The van der Waals surface area contributed by atoms with Gasteiger partial charge in [0.15, 0.2) is 0 Å². The number of rotatable bonds is 2. The molecule has 0 saturated heterocycles. The summed E-state index contributed by atoms with van der Waals surface area (Å²) >= 11 is 3.37. The van der Waals surface area contributed by atoms with Gasteiger partial charge < -0.3 is 5.32 Å². The monoisotopic (exact) mass is 261 g/mol. The van der Waals surface area contributed by atoms with Crippen LogP contribution in [0.5, 0.6) is 0 Å². The Morgan fingerprint density at radius 1 is 1.29 bits per heavy atom. The van der Waals surface area contributed by atoms with E-state index in [1.54, 1.807) is 0 Å². The lowest BCUT2D eigenvalue weighted by molar-refractivity contribution is -0.123. The van der Waals surface area contributed by atoms with Crippen LogP contribution >= 0.6 is 15.9 Å². The van der Waals surface area contributed by atoms with Crippen molar-refractivity contribution in [1.82, 2.24) is 5.32 Å². The third-order valence-corrected chi connectivity index (χ3v) is 3.25. The summed E-state index contributed by atoms with van der Waals surface area (Å²) in [5.74, 6) is 0.942. The number of nitrogens with one attached hydrogen (secondary N) is 1. The lowest BCUT2D eigenvalue weighted by atomic mass is 9.87. The molecular formula is C11H20BrNO. The summed E-state index contributed by atoms with van der Waals surface area (Å²) in [6.45, 7) is 6.05. The lowest BCUT2D eigenvalue weighted by Gasteiger charge is -2.29. The molecule has 0 unspecified atom stereocenters. The van der Waals surface area contributed by atoms with Gasteiger partial charge in [-0.3, -0.25) is 4.79 Å². The predicted molar refractivity (Wildman–Crippen MR) is 62.6 cm³/mol. The van der Waals surface area contributed by atoms with E-state index in [1.807, 2.05) is 13.8 Å². The van der Waals surface area contributed by atoms with E-state index in [9.17, 15) is 4.79 Å². The molecule has 1 amide bonds. The first-order chi connectivity index (χ1) is 6.39. The van der Waals surface area contributed by atoms with Crippen LogP contribution in [-0.2, 0) is 4.79 Å². The van der Waals surface area contributed by atoms with Crippen molar-refractivity contribution < 1.29 is 4.79 Å². The van der Waals surface area contributed by atoms with Gasteiger partial charge in [0.1, 0.15) is 0 Å². The van der Waals surface area contributed by atoms with E-state index >= 15 is 0 Å². The van der Waals surface area contributed by atoms with E-state index in [0.29, 0.717) is 6.04 Å². The van der Waals surface area contributed by atoms with E-state index < -0.39 is 4.32 Å². The fourth-order valence-corrected chi connectivity index (χ4v) is 1.88. The molecule has 1 aliphatic carbocycles. The second-order valence-electron chi connectivity index (χ2n) is 4.90. The van der Waals surface area contributed by atoms with E-state index in [1.165, 1.54) is 12.8 Å². The molecular weight excluding hydrogens is 242 g/mol. The van der Waals surface area contributed by atoms with Crippen LogP contribution in [0, 0.1) is 5.92 Å². The van der Waals surface area contributed by atoms with Crippen molar-refractivity contribution in [2.45, 2.75) is 56.8 Å². The number of alkyl halides is 1. The number of hydrogen-bond donors (Lipinski definition) is 1. The molecule has 0 heterocycles. The molecule has 0 bridgehead atoms. The molecule has 2 nitrogen and oxygen atoms in total. The zero-order chi connectivity index (χ0) is 10.8. The molecule has 1 rings (SSSR count). The SMILES string of the molecule is CC1CCC(NC(=O)C(C)(C)Br)CC1. The maximum Gasteiger partial charge on any atom is 0.236 e. The van der Waals surface area contributed by atoms with Crippen molar-refractivity contribution in [2.24, 2.45) is 5.92 Å². The van der Waals surface area contributed by atoms with Gasteiger partial charge in [0.25, 0.3) is 0 Å². The third-order valence-electron chi connectivity index (χ3n) is 2.89. The molecule has 82 valence electrons. The smallest absolute Gasteiger partial charge is 0.236 e. The van der Waals surface area contributed by atoms with Gasteiger partial charge in [-0.25, -0.2) is 0 Å². The number of halogens is 1. The molecule has 3 heteroatoms. The molecule has 14 heavy (non-hydrogen) atoms. The number of hydrogen-bond acceptors (Lipinski definition) is 1. The number of carbonyl (C=O) groups excluding carboxylic acids is 1. The van der Waals surface area contributed by atoms with Crippen LogP contribution < -0.4 is 5.32 Å². The van der Waals surface area contributed by atoms with Crippen LogP contribution in [0.2, 0.25) is 0 Å². The van der Waals surface area contributed by atoms with Crippen LogP contribution in [-0.4, -0.2) is 16.3 Å². The Morgan fingerprint density at radius 3 is 2.21 bits per heavy atom. The normalized spacial score (nSPS) is 28.6. The lowest BCUT2D eigenvalue weighted by Crippen LogP contribution is -2.44. The fraction of sp³-hybridized carbons (Fsp3) is 0.909. The van der Waals surface area contributed by atoms with Gasteiger partial charge in [-0.2, -0.15) is 0 Å². The Balaban J connectivity index is 2.35. The highest BCUT2D eigenvalue weighted by Crippen LogP contribution is 2.24. The summed E-state index contributed by atoms with van der Waals surface area (Å²) in [5.41, 5.74) is 0. The molecule has 1 saturated carbocycles. The van der Waals surface area contributed by atoms with E-state index in [0.717, 1.165) is 18.8 Å². The van der Waals surface area contributed by atoms with Crippen molar-refractivity contribution >= 4 is 21.8 Å². The van der Waals surface area contributed by atoms with Crippen LogP contribution in [0.1, 0.15) is 46.5 Å². The summed E-state index contributed by atoms with van der Waals surface area (Å²) in [5, 5.41) is 3.09. The summed E-state index contributed by atoms with van der Waals surface area (Å²) in [6, 6.07) is 0.399. The first-order valence-corrected chi connectivity index (χ1v) is 6.19. The quantitative estimate of drug-likeness (QED) is 0.762. The zero-order valence-electron chi connectivity index (χ0n) is 9.27. The van der Waals surface area contributed by atoms with Gasteiger partial charge in [0.05, 0.1) is 4.32 Å². The summed E-state index contributed by atoms with van der Waals surface area (Å²) in [4.78, 5) is 11.7. The molecule has 0 aromatic rings. The average Bonchev–Trinajstić information content (AvgIpc) is 2.07. The second-order valence-corrected chi connectivity index (χ2v) is 6.89. The average molecular weight is 262 g/mol. The largest absolute Gasteiger partial charge is 0.352 e. The van der Waals surface area contributed by atoms with Crippen molar-refractivity contribution in [1.29, 1.82) is 0 Å². The van der Waals surface area contributed by atoms with Crippen LogP contribution in [0.3, 0.4) is 0 Å². The standard InChI is InChI=1S/C11H20BrNO/c1-8-4-6-9(7-5-8)13-10(14)11(2,3)12/h8-9H,4-7H2,1-3H3,(H,13,14). The van der Waals surface area contributed by atoms with Crippen LogP contribution in [0.15, 0.2) is 0 Å². The summed E-state index contributed by atoms with van der Waals surface area (Å²) in [7, 11) is 0. The Bertz CT molecular complexity index is 202. The highest BCUT2D eigenvalue weighted by Gasteiger charge is 2.27. The molecule has 0 aliphatic heterocycles. The maximum absolute atomic E-state index is 11.7. The third kappa shape index (κ3) is 3.60. The second kappa shape index (κ2) is 4.65. The molecule has 1 N–H and O–H groups in total. The fourth-order valence-electron chi connectivity index (χ4n) is 1.76. The molecule has 1 fully saturated rings. The van der Waals surface area contributed by atoms with Gasteiger partial charge in [0.2, 0.25) is 5.91 Å². The van der Waals surface area contributed by atoms with Gasteiger partial charge in [-0.15, -0.1) is 0 Å². The molecule has 0 aromatic heterocycles. The Labute approximate surface area is 95.0 Å². The van der Waals surface area contributed by atoms with Gasteiger partial charge in [0, 0.05) is 6.04 Å². The number of carbonyl (C=O) groups is 1. The van der Waals surface area contributed by atoms with Crippen molar-refractivity contribution in [2.75, 3.05) is 0 Å². The van der Waals surface area contributed by atoms with Crippen molar-refractivity contribution in [3.63, 3.8) is 0 Å². The predicted octanol–water partition coefficient (Wildman–Crippen LogP) is 2.85. The first-order valence-electron chi connectivity index (χ1n) is 5.39. The minimum atomic E-state index is -0.434. The van der Waals surface area contributed by atoms with E-state index in [2.05, 4.69) is 28.2 Å². The van der Waals surface area contributed by atoms with Crippen LogP contribution in [0.4, 0.5) is 0 Å². The topological polar surface area (TPSA) is 29.1 Å². The Hall–Kier alpha value is -0.0500. The maximum atomic E-state index is 11.7. The van der Waals surface area contributed by atoms with Gasteiger partial charge in [-0.1, -0.05) is 22.9 Å². The molecule has 0 spiro atoms. The Morgan fingerprint density at radius 2 is 1.79 bits per heavy atom. The minimum Gasteiger partial charge on any atom is -0.352 e. The van der Waals surface area contributed by atoms with Crippen molar-refractivity contribution in [3.05, 3.63) is 0 Å². The van der Waals surface area contributed by atoms with Gasteiger partial charge >= 0.3 is 0 Å². The zero-order valence-corrected chi connectivity index (χ0v) is 10.9. The summed E-state index contributed by atoms with van der Waals surface area (Å²) in [6.07, 6.45) is 4.76. The van der Waals surface area contributed by atoms with Gasteiger partial charge in [-0.05, 0) is 45.4 Å².